The van der Waals surface area contributed by atoms with Gasteiger partial charge in [0.1, 0.15) is 23.3 Å². The van der Waals surface area contributed by atoms with Gasteiger partial charge in [0.15, 0.2) is 0 Å². The number of thiophene rings is 1. The minimum absolute atomic E-state index is 0.0369. The second kappa shape index (κ2) is 6.89. The fraction of sp³-hybridized carbons (Fsp3) is 0.125. The molecule has 0 saturated heterocycles. The topological polar surface area (TPSA) is 112 Å². The van der Waals surface area contributed by atoms with E-state index in [0.717, 1.165) is 15.3 Å². The van der Waals surface area contributed by atoms with Gasteiger partial charge in [-0.3, -0.25) is 10.1 Å². The highest BCUT2D eigenvalue weighted by atomic mass is 35.5. The largest absolute Gasteiger partial charge is 0.365 e. The van der Waals surface area contributed by atoms with Gasteiger partial charge in [-0.15, -0.1) is 11.3 Å². The van der Waals surface area contributed by atoms with Crippen LogP contribution in [-0.4, -0.2) is 29.7 Å². The van der Waals surface area contributed by atoms with Gasteiger partial charge in [0.2, 0.25) is 0 Å². The number of hydrogen-bond acceptors (Lipinski definition) is 8. The molecule has 0 aliphatic carbocycles. The van der Waals surface area contributed by atoms with E-state index in [1.54, 1.807) is 12.1 Å². The van der Waals surface area contributed by atoms with Crippen LogP contribution in [0.4, 0.5) is 11.5 Å². The summed E-state index contributed by atoms with van der Waals surface area (Å²) in [4.78, 5) is 25.1. The smallest absolute Gasteiger partial charge is 0.269 e. The highest BCUT2D eigenvalue weighted by molar-refractivity contribution is 7.19. The minimum atomic E-state index is -0.422. The molecule has 0 amide bonds. The van der Waals surface area contributed by atoms with Crippen molar-refractivity contribution in [3.05, 3.63) is 62.5 Å². The van der Waals surface area contributed by atoms with E-state index >= 15 is 0 Å². The molecule has 11 heteroatoms. The fourth-order valence-electron chi connectivity index (χ4n) is 2.57. The highest BCUT2D eigenvalue weighted by Crippen LogP contribution is 2.37. The second-order valence-corrected chi connectivity index (χ2v) is 7.23. The van der Waals surface area contributed by atoms with Gasteiger partial charge in [-0.25, -0.2) is 4.98 Å². The monoisotopic (exact) mass is 401 g/mol. The Bertz CT molecular complexity index is 1140. The SMILES string of the molecule is Cc1sc2nc(-n3cncn3)nc(NCc3cccc([N+](=O)[O-])c3)c2c1Cl. The maximum atomic E-state index is 11.0. The van der Waals surface area contributed by atoms with Crippen molar-refractivity contribution in [3.63, 3.8) is 0 Å². The lowest BCUT2D eigenvalue weighted by Gasteiger charge is -2.09. The number of nitro benzene ring substituents is 1. The summed E-state index contributed by atoms with van der Waals surface area (Å²) in [6.07, 6.45) is 2.91. The van der Waals surface area contributed by atoms with Crippen molar-refractivity contribution in [2.24, 2.45) is 0 Å². The molecule has 0 spiro atoms. The summed E-state index contributed by atoms with van der Waals surface area (Å²) in [5.41, 5.74) is 0.788. The molecule has 0 aliphatic rings. The molecule has 27 heavy (non-hydrogen) atoms. The molecule has 0 atom stereocenters. The van der Waals surface area contributed by atoms with Crippen LogP contribution in [0.5, 0.6) is 0 Å². The van der Waals surface area contributed by atoms with Crippen LogP contribution in [0, 0.1) is 17.0 Å². The Kier molecular flexibility index (Phi) is 4.42. The number of non-ortho nitro benzene ring substituents is 1. The quantitative estimate of drug-likeness (QED) is 0.400. The third-order valence-corrected chi connectivity index (χ3v) is 5.43. The molecule has 1 N–H and O–H groups in total. The summed E-state index contributed by atoms with van der Waals surface area (Å²) >= 11 is 7.90. The Morgan fingerprint density at radius 3 is 2.96 bits per heavy atom. The third kappa shape index (κ3) is 3.32. The van der Waals surface area contributed by atoms with Gasteiger partial charge in [-0.2, -0.15) is 19.7 Å². The van der Waals surface area contributed by atoms with Crippen molar-refractivity contribution in [2.45, 2.75) is 13.5 Å². The average molecular weight is 402 g/mol. The zero-order valence-corrected chi connectivity index (χ0v) is 15.5. The van der Waals surface area contributed by atoms with Crippen LogP contribution in [0.2, 0.25) is 5.02 Å². The Morgan fingerprint density at radius 1 is 1.37 bits per heavy atom. The number of anilines is 1. The van der Waals surface area contributed by atoms with Gasteiger partial charge in [0, 0.05) is 23.6 Å². The summed E-state index contributed by atoms with van der Waals surface area (Å²) in [5, 5.41) is 19.5. The van der Waals surface area contributed by atoms with Crippen LogP contribution < -0.4 is 5.32 Å². The van der Waals surface area contributed by atoms with Crippen molar-refractivity contribution in [2.75, 3.05) is 5.32 Å². The van der Waals surface area contributed by atoms with Crippen LogP contribution in [0.25, 0.3) is 16.2 Å². The van der Waals surface area contributed by atoms with E-state index < -0.39 is 4.92 Å². The Balaban J connectivity index is 1.73. The van der Waals surface area contributed by atoms with E-state index in [4.69, 9.17) is 11.6 Å². The molecule has 0 saturated carbocycles. The van der Waals surface area contributed by atoms with E-state index in [1.807, 2.05) is 6.92 Å². The molecule has 0 bridgehead atoms. The van der Waals surface area contributed by atoms with Gasteiger partial charge in [-0.1, -0.05) is 23.7 Å². The lowest BCUT2D eigenvalue weighted by Crippen LogP contribution is -2.07. The van der Waals surface area contributed by atoms with E-state index in [9.17, 15) is 10.1 Å². The molecule has 1 aromatic carbocycles. The molecular weight excluding hydrogens is 390 g/mol. The maximum absolute atomic E-state index is 11.0. The van der Waals surface area contributed by atoms with Crippen molar-refractivity contribution in [1.82, 2.24) is 24.7 Å². The Morgan fingerprint density at radius 2 is 2.22 bits per heavy atom. The maximum Gasteiger partial charge on any atom is 0.269 e. The lowest BCUT2D eigenvalue weighted by molar-refractivity contribution is -0.384. The lowest BCUT2D eigenvalue weighted by atomic mass is 10.2. The number of nitrogens with one attached hydrogen (secondary N) is 1. The van der Waals surface area contributed by atoms with Crippen LogP contribution in [0.1, 0.15) is 10.4 Å². The number of rotatable bonds is 5. The molecule has 0 fully saturated rings. The van der Waals surface area contributed by atoms with Gasteiger partial charge < -0.3 is 5.32 Å². The highest BCUT2D eigenvalue weighted by Gasteiger charge is 2.17. The first-order valence-corrected chi connectivity index (χ1v) is 9.01. The van der Waals surface area contributed by atoms with Crippen molar-refractivity contribution < 1.29 is 4.92 Å². The zero-order valence-electron chi connectivity index (χ0n) is 14.0. The zero-order chi connectivity index (χ0) is 19.0. The number of hydrogen-bond donors (Lipinski definition) is 1. The van der Waals surface area contributed by atoms with Gasteiger partial charge in [0.25, 0.3) is 11.6 Å². The summed E-state index contributed by atoms with van der Waals surface area (Å²) < 4.78 is 1.46. The van der Waals surface area contributed by atoms with E-state index in [1.165, 1.54) is 40.8 Å². The second-order valence-electron chi connectivity index (χ2n) is 5.65. The van der Waals surface area contributed by atoms with E-state index in [-0.39, 0.29) is 5.69 Å². The fourth-order valence-corrected chi connectivity index (χ4v) is 3.83. The van der Waals surface area contributed by atoms with Crippen molar-refractivity contribution in [3.8, 4) is 5.95 Å². The number of aromatic nitrogens is 5. The van der Waals surface area contributed by atoms with E-state index in [0.29, 0.717) is 28.7 Å². The predicted octanol–water partition coefficient (Wildman–Crippen LogP) is 3.75. The van der Waals surface area contributed by atoms with Crippen molar-refractivity contribution in [1.29, 1.82) is 0 Å². The van der Waals surface area contributed by atoms with Crippen LogP contribution in [-0.2, 0) is 6.54 Å². The van der Waals surface area contributed by atoms with Gasteiger partial charge in [0.05, 0.1) is 15.3 Å². The average Bonchev–Trinajstić information content (AvgIpc) is 3.29. The normalized spacial score (nSPS) is 11.0. The Labute approximate surface area is 161 Å². The molecular formula is C16H12ClN7O2S. The predicted molar refractivity (Wildman–Crippen MR) is 103 cm³/mol. The first-order chi connectivity index (χ1) is 13.0. The van der Waals surface area contributed by atoms with Gasteiger partial charge in [-0.05, 0) is 12.5 Å². The summed E-state index contributed by atoms with van der Waals surface area (Å²) in [6.45, 7) is 2.25. The van der Waals surface area contributed by atoms with Crippen LogP contribution in [0.3, 0.4) is 0 Å². The van der Waals surface area contributed by atoms with Crippen molar-refractivity contribution >= 4 is 44.7 Å². The number of fused-ring (bicyclic) bond motifs is 1. The molecule has 136 valence electrons. The number of nitro groups is 1. The molecule has 0 radical (unpaired) electrons. The first kappa shape index (κ1) is 17.3. The first-order valence-electron chi connectivity index (χ1n) is 7.82. The molecule has 9 nitrogen and oxygen atoms in total. The van der Waals surface area contributed by atoms with Crippen LogP contribution in [0.15, 0.2) is 36.9 Å². The molecule has 3 aromatic heterocycles. The number of nitrogens with zero attached hydrogens (tertiary/aromatic N) is 6. The summed E-state index contributed by atoms with van der Waals surface area (Å²) in [6, 6.07) is 6.42. The number of aryl methyl sites for hydroxylation is 1. The standard InChI is InChI=1S/C16H12ClN7O2S/c1-9-13(17)12-14(19-6-10-3-2-4-11(5-10)24(25)26)21-16(22-15(12)27-9)23-8-18-7-20-23/h2-5,7-8H,6H2,1H3,(H,19,21,22). The third-order valence-electron chi connectivity index (χ3n) is 3.85. The summed E-state index contributed by atoms with van der Waals surface area (Å²) in [7, 11) is 0. The number of halogens is 1. The summed E-state index contributed by atoms with van der Waals surface area (Å²) in [5.74, 6) is 0.894. The molecule has 0 aliphatic heterocycles. The molecule has 0 unspecified atom stereocenters. The molecule has 4 rings (SSSR count). The molecule has 4 aromatic rings. The minimum Gasteiger partial charge on any atom is -0.365 e. The van der Waals surface area contributed by atoms with Gasteiger partial charge >= 0.3 is 0 Å². The number of benzene rings is 1. The van der Waals surface area contributed by atoms with Crippen LogP contribution >= 0.6 is 22.9 Å². The van der Waals surface area contributed by atoms with E-state index in [2.05, 4.69) is 25.4 Å². The Hall–Kier alpha value is -3.11. The molecule has 3 heterocycles.